The molecule has 0 spiro atoms. The van der Waals surface area contributed by atoms with Crippen LogP contribution in [0.5, 0.6) is 0 Å². The number of hydrogen-bond acceptors (Lipinski definition) is 6. The normalized spacial score (nSPS) is 12.9. The van der Waals surface area contributed by atoms with Gasteiger partial charge in [-0.15, -0.1) is 22.7 Å². The van der Waals surface area contributed by atoms with Gasteiger partial charge in [0, 0.05) is 27.1 Å². The van der Waals surface area contributed by atoms with E-state index < -0.39 is 17.7 Å². The Bertz CT molecular complexity index is 1370. The molecular weight excluding hydrogens is 556 g/mol. The number of aryl methyl sites for hydroxylation is 1. The van der Waals surface area contributed by atoms with Gasteiger partial charge in [-0.3, -0.25) is 0 Å². The number of hydrogen-bond donors (Lipinski definition) is 1. The van der Waals surface area contributed by atoms with Crippen molar-refractivity contribution < 1.29 is 14.6 Å². The lowest BCUT2D eigenvalue weighted by Gasteiger charge is -2.28. The lowest BCUT2D eigenvalue weighted by molar-refractivity contribution is -0.160. The van der Waals surface area contributed by atoms with Crippen molar-refractivity contribution in [2.45, 2.75) is 52.7 Å². The van der Waals surface area contributed by atoms with Crippen LogP contribution in [0.25, 0.3) is 31.9 Å². The highest BCUT2D eigenvalue weighted by Gasteiger charge is 2.34. The third-order valence-electron chi connectivity index (χ3n) is 5.27. The number of halogens is 2. The van der Waals surface area contributed by atoms with Gasteiger partial charge < -0.3 is 9.84 Å². The van der Waals surface area contributed by atoms with Gasteiger partial charge in [-0.2, -0.15) is 0 Å². The zero-order valence-electron chi connectivity index (χ0n) is 19.4. The number of carboxylic acid groups (broad SMARTS) is 1. The predicted molar refractivity (Wildman–Crippen MR) is 144 cm³/mol. The summed E-state index contributed by atoms with van der Waals surface area (Å²) in [6.07, 6.45) is -0.403. The summed E-state index contributed by atoms with van der Waals surface area (Å²) in [6, 6.07) is 7.47. The van der Waals surface area contributed by atoms with Crippen LogP contribution in [0.4, 0.5) is 0 Å². The molecule has 0 radical (unpaired) electrons. The first-order valence-corrected chi connectivity index (χ1v) is 13.6. The second-order valence-electron chi connectivity index (χ2n) is 8.86. The van der Waals surface area contributed by atoms with E-state index in [0.29, 0.717) is 10.6 Å². The van der Waals surface area contributed by atoms with Gasteiger partial charge >= 0.3 is 5.97 Å². The Morgan fingerprint density at radius 2 is 1.88 bits per heavy atom. The number of rotatable bonds is 6. The maximum Gasteiger partial charge on any atom is 0.337 e. The maximum absolute atomic E-state index is 12.6. The van der Waals surface area contributed by atoms with Crippen LogP contribution in [0.15, 0.2) is 34.2 Å². The molecule has 5 nitrogen and oxygen atoms in total. The summed E-state index contributed by atoms with van der Waals surface area (Å²) in [6.45, 7) is 9.58. The third kappa shape index (κ3) is 4.93. The smallest absolute Gasteiger partial charge is 0.337 e. The second-order valence-corrected chi connectivity index (χ2v) is 12.0. The van der Waals surface area contributed by atoms with Crippen LogP contribution in [-0.4, -0.2) is 26.6 Å². The molecule has 1 N–H and O–H groups in total. The SMILES string of the molecule is CCc1nc2c(-c3nc(Br)cs3)c(C)c([C@H](OC(C)(C)C)C(=O)O)c(-c3ccc(Cl)cc3)c2s1. The number of ether oxygens (including phenoxy) is 1. The molecule has 2 aromatic carbocycles. The van der Waals surface area contributed by atoms with Crippen LogP contribution in [0.3, 0.4) is 0 Å². The highest BCUT2D eigenvalue weighted by molar-refractivity contribution is 9.10. The largest absolute Gasteiger partial charge is 0.479 e. The van der Waals surface area contributed by atoms with E-state index in [4.69, 9.17) is 21.3 Å². The minimum Gasteiger partial charge on any atom is -0.479 e. The number of carboxylic acids is 1. The molecule has 0 saturated heterocycles. The first kappa shape index (κ1) is 25.3. The van der Waals surface area contributed by atoms with Gasteiger partial charge in [0.1, 0.15) is 9.61 Å². The lowest BCUT2D eigenvalue weighted by Crippen LogP contribution is -2.28. The second kappa shape index (κ2) is 9.66. The van der Waals surface area contributed by atoms with Crippen LogP contribution < -0.4 is 0 Å². The van der Waals surface area contributed by atoms with E-state index in [9.17, 15) is 9.90 Å². The van der Waals surface area contributed by atoms with E-state index in [-0.39, 0.29) is 0 Å². The number of aliphatic carboxylic acids is 1. The van der Waals surface area contributed by atoms with E-state index in [0.717, 1.165) is 53.5 Å². The highest BCUT2D eigenvalue weighted by atomic mass is 79.9. The number of nitrogens with zero attached hydrogens (tertiary/aromatic N) is 2. The Balaban J connectivity index is 2.18. The van der Waals surface area contributed by atoms with E-state index in [1.165, 1.54) is 11.3 Å². The summed E-state index contributed by atoms with van der Waals surface area (Å²) in [5, 5.41) is 14.6. The summed E-state index contributed by atoms with van der Waals surface area (Å²) in [7, 11) is 0. The Morgan fingerprint density at radius 1 is 1.21 bits per heavy atom. The molecule has 0 aliphatic rings. The molecule has 34 heavy (non-hydrogen) atoms. The van der Waals surface area contributed by atoms with Crippen LogP contribution in [-0.2, 0) is 16.0 Å². The van der Waals surface area contributed by atoms with Crippen molar-refractivity contribution in [1.29, 1.82) is 0 Å². The van der Waals surface area contributed by atoms with Crippen molar-refractivity contribution in [3.05, 3.63) is 55.4 Å². The molecular formula is C25H24BrClN2O3S2. The monoisotopic (exact) mass is 578 g/mol. The maximum atomic E-state index is 12.6. The summed E-state index contributed by atoms with van der Waals surface area (Å²) < 4.78 is 7.82. The molecule has 2 aromatic heterocycles. The molecule has 178 valence electrons. The quantitative estimate of drug-likeness (QED) is 0.249. The first-order valence-electron chi connectivity index (χ1n) is 10.7. The van der Waals surface area contributed by atoms with Crippen molar-refractivity contribution >= 4 is 66.4 Å². The number of thiazole rings is 2. The van der Waals surface area contributed by atoms with Gasteiger partial charge in [0.25, 0.3) is 0 Å². The van der Waals surface area contributed by atoms with E-state index in [2.05, 4.69) is 27.8 Å². The predicted octanol–water partition coefficient (Wildman–Crippen LogP) is 8.31. The van der Waals surface area contributed by atoms with E-state index in [1.54, 1.807) is 11.3 Å². The Hall–Kier alpha value is -1.84. The molecule has 0 aliphatic heterocycles. The minimum absolute atomic E-state index is 0.613. The van der Waals surface area contributed by atoms with Gasteiger partial charge in [0.15, 0.2) is 6.10 Å². The highest BCUT2D eigenvalue weighted by Crippen LogP contribution is 2.48. The van der Waals surface area contributed by atoms with Crippen molar-refractivity contribution in [2.75, 3.05) is 0 Å². The topological polar surface area (TPSA) is 72.3 Å². The van der Waals surface area contributed by atoms with Gasteiger partial charge in [0.2, 0.25) is 0 Å². The summed E-state index contributed by atoms with van der Waals surface area (Å²) in [5.74, 6) is -1.04. The van der Waals surface area contributed by atoms with Crippen molar-refractivity contribution in [3.63, 3.8) is 0 Å². The third-order valence-corrected chi connectivity index (χ3v) is 8.31. The number of fused-ring (bicyclic) bond motifs is 1. The Kier molecular flexibility index (Phi) is 7.18. The van der Waals surface area contributed by atoms with Gasteiger partial charge in [-0.1, -0.05) is 30.7 Å². The summed E-state index contributed by atoms with van der Waals surface area (Å²) in [4.78, 5) is 22.2. The van der Waals surface area contributed by atoms with Gasteiger partial charge in [0.05, 0.1) is 20.8 Å². The molecule has 4 rings (SSSR count). The molecule has 1 atom stereocenters. The van der Waals surface area contributed by atoms with Crippen LogP contribution in [0.2, 0.25) is 5.02 Å². The number of benzene rings is 2. The zero-order valence-corrected chi connectivity index (χ0v) is 23.4. The molecule has 0 unspecified atom stereocenters. The van der Waals surface area contributed by atoms with Crippen LogP contribution in [0, 0.1) is 6.92 Å². The van der Waals surface area contributed by atoms with Crippen LogP contribution >= 0.6 is 50.2 Å². The average Bonchev–Trinajstić information content (AvgIpc) is 3.37. The fraction of sp³-hybridized carbons (Fsp3) is 0.320. The molecule has 4 aromatic rings. The van der Waals surface area contributed by atoms with Crippen molar-refractivity contribution in [1.82, 2.24) is 9.97 Å². The van der Waals surface area contributed by atoms with Gasteiger partial charge in [-0.25, -0.2) is 14.8 Å². The fourth-order valence-electron chi connectivity index (χ4n) is 3.92. The molecule has 2 heterocycles. The lowest BCUT2D eigenvalue weighted by atomic mass is 9.88. The van der Waals surface area contributed by atoms with Gasteiger partial charge in [-0.05, 0) is 73.3 Å². The minimum atomic E-state index is -1.18. The average molecular weight is 580 g/mol. The fourth-order valence-corrected chi connectivity index (χ4v) is 6.50. The molecule has 0 fully saturated rings. The van der Waals surface area contributed by atoms with E-state index in [1.807, 2.05) is 57.3 Å². The first-order chi connectivity index (χ1) is 16.0. The summed E-state index contributed by atoms with van der Waals surface area (Å²) in [5.41, 5.74) is 4.10. The Morgan fingerprint density at radius 3 is 2.41 bits per heavy atom. The van der Waals surface area contributed by atoms with Crippen LogP contribution in [0.1, 0.15) is 49.9 Å². The van der Waals surface area contributed by atoms with Crippen molar-refractivity contribution in [2.24, 2.45) is 0 Å². The molecule has 0 bridgehead atoms. The standard InChI is InChI=1S/C25H24BrClN2O3S2/c1-6-16-29-20-18(23-28-15(26)11-33-23)12(2)17(21(24(30)31)32-25(3,4)5)19(22(20)34-16)13-7-9-14(27)10-8-13/h7-11,21H,6H2,1-5H3,(H,30,31)/t21-/m0/s1. The number of aromatic nitrogens is 2. The molecule has 9 heteroatoms. The summed E-state index contributed by atoms with van der Waals surface area (Å²) >= 11 is 12.7. The van der Waals surface area contributed by atoms with Crippen molar-refractivity contribution in [3.8, 4) is 21.7 Å². The number of carbonyl (C=O) groups is 1. The van der Waals surface area contributed by atoms with E-state index >= 15 is 0 Å². The molecule has 0 aliphatic carbocycles. The Labute approximate surface area is 219 Å². The molecule has 0 saturated carbocycles. The zero-order chi connectivity index (χ0) is 24.8. The molecule has 0 amide bonds.